The van der Waals surface area contributed by atoms with Gasteiger partial charge in [0, 0.05) is 36.6 Å². The highest BCUT2D eigenvalue weighted by Crippen LogP contribution is 2.40. The van der Waals surface area contributed by atoms with Crippen molar-refractivity contribution in [1.29, 1.82) is 5.26 Å². The number of benzene rings is 1. The van der Waals surface area contributed by atoms with E-state index in [1.807, 2.05) is 6.92 Å². The van der Waals surface area contributed by atoms with Crippen LogP contribution in [0.3, 0.4) is 0 Å². The Bertz CT molecular complexity index is 1760. The van der Waals surface area contributed by atoms with Crippen LogP contribution in [0.25, 0.3) is 0 Å². The Balaban J connectivity index is 0.000000289. The maximum Gasteiger partial charge on any atom is 0.320 e. The van der Waals surface area contributed by atoms with Crippen molar-refractivity contribution >= 4 is 65.9 Å². The maximum absolute atomic E-state index is 14.4. The van der Waals surface area contributed by atoms with Gasteiger partial charge in [-0.25, -0.2) is 9.29 Å². The number of nitrogens with two attached hydrogens (primary N) is 1. The molecule has 0 saturated carbocycles. The molecular weight excluding hydrogens is 729 g/mol. The van der Waals surface area contributed by atoms with Crippen molar-refractivity contribution in [3.05, 3.63) is 39.4 Å². The number of terminal acetylenes is 1. The number of aromatic nitrogens is 3. The van der Waals surface area contributed by atoms with Gasteiger partial charge in [0.2, 0.25) is 17.2 Å². The van der Waals surface area contributed by atoms with Crippen LogP contribution in [0, 0.1) is 29.5 Å². The second kappa shape index (κ2) is 18.8. The van der Waals surface area contributed by atoms with Crippen LogP contribution < -0.4 is 26.0 Å². The average Bonchev–Trinajstić information content (AvgIpc) is 3.30. The van der Waals surface area contributed by atoms with Crippen LogP contribution in [0.5, 0.6) is 5.75 Å². The Morgan fingerprint density at radius 3 is 2.25 bits per heavy atom. The highest BCUT2D eigenvalue weighted by Gasteiger charge is 2.41. The molecule has 2 aliphatic rings. The third-order valence-corrected chi connectivity index (χ3v) is 8.54. The van der Waals surface area contributed by atoms with E-state index in [4.69, 9.17) is 55.4 Å². The number of carboxylic acids is 1. The van der Waals surface area contributed by atoms with Crippen molar-refractivity contribution in [2.24, 2.45) is 5.73 Å². The Labute approximate surface area is 305 Å². The Morgan fingerprint density at radius 1 is 1.20 bits per heavy atom. The summed E-state index contributed by atoms with van der Waals surface area (Å²) in [6, 6.07) is 3.32. The summed E-state index contributed by atoms with van der Waals surface area (Å²) in [5.74, 6) is 0.335. The zero-order chi connectivity index (χ0) is 38.7. The van der Waals surface area contributed by atoms with Gasteiger partial charge in [0.25, 0.3) is 11.8 Å². The topological polar surface area (TPSA) is 234 Å². The minimum Gasteiger partial charge on any atom is -0.480 e. The standard InChI is InChI=1S/C18H15ClFNO3.C9H13ClN6.C5H12NO4P/c1-3-10(2)24-16-9-15(14(20)8-13(16)19)21-17(22)11-6-4-5-7-12(11)18(21)23;1-4-12-7-13-6(10)14-8(15-7)16-9(2,3)5-11;1-11(9,10)3-2-4(6)5(7)8/h1,8-10H,4-7H2,2H3;4H2,1-3H3,(H2,12,13,14,15,16);4H,2-3,6H2,1H3,(H,7,8)(H,9,10). The van der Waals surface area contributed by atoms with Gasteiger partial charge in [-0.2, -0.15) is 20.2 Å². The number of aliphatic carboxylic acids is 1. The highest BCUT2D eigenvalue weighted by atomic mass is 35.5. The number of anilines is 3. The number of carbonyl (C=O) groups is 3. The van der Waals surface area contributed by atoms with Gasteiger partial charge in [-0.15, -0.1) is 6.42 Å². The van der Waals surface area contributed by atoms with Crippen LogP contribution in [-0.2, 0) is 18.9 Å². The third-order valence-electron chi connectivity index (χ3n) is 6.99. The minimum atomic E-state index is -3.10. The Hall–Kier alpha value is -4.31. The number of imide groups is 1. The molecular formula is C32H40Cl2FN8O7P. The number of amides is 2. The first kappa shape index (κ1) is 42.9. The van der Waals surface area contributed by atoms with E-state index in [0.717, 1.165) is 23.8 Å². The fraction of sp³-hybridized carbons (Fsp3) is 0.469. The molecule has 1 aliphatic heterocycles. The van der Waals surface area contributed by atoms with Gasteiger partial charge >= 0.3 is 5.97 Å². The predicted molar refractivity (Wildman–Crippen MR) is 191 cm³/mol. The lowest BCUT2D eigenvalue weighted by atomic mass is 9.93. The zero-order valence-electron chi connectivity index (χ0n) is 28.7. The predicted octanol–water partition coefficient (Wildman–Crippen LogP) is 4.98. The summed E-state index contributed by atoms with van der Waals surface area (Å²) in [4.78, 5) is 56.7. The lowest BCUT2D eigenvalue weighted by molar-refractivity contribution is -0.138. The summed E-state index contributed by atoms with van der Waals surface area (Å²) in [5.41, 5.74) is 5.14. The molecule has 3 atom stereocenters. The van der Waals surface area contributed by atoms with Crippen LogP contribution >= 0.6 is 30.6 Å². The lowest BCUT2D eigenvalue weighted by Crippen LogP contribution is -2.32. The SMILES string of the molecule is C#CC(C)Oc1cc(N2C(=O)C3=C(CCCC3)C2=O)c(F)cc1Cl.CCNc1nc(Cl)nc(NC(C)(C)C#N)n1.CP(=O)(O)CCC(N)C(=O)O. The number of halogens is 3. The first-order valence-corrected chi connectivity index (χ1v) is 18.6. The molecule has 2 heterocycles. The van der Waals surface area contributed by atoms with E-state index in [2.05, 4.69) is 37.6 Å². The highest BCUT2D eigenvalue weighted by molar-refractivity contribution is 7.57. The first-order valence-electron chi connectivity index (χ1n) is 15.6. The summed E-state index contributed by atoms with van der Waals surface area (Å²) in [6.45, 7) is 8.86. The molecule has 276 valence electrons. The van der Waals surface area contributed by atoms with Crippen LogP contribution in [0.4, 0.5) is 22.0 Å². The molecule has 1 aliphatic carbocycles. The second-order valence-corrected chi connectivity index (χ2v) is 15.2. The van der Waals surface area contributed by atoms with Gasteiger partial charge in [0.15, 0.2) is 13.5 Å². The van der Waals surface area contributed by atoms with E-state index in [9.17, 15) is 23.3 Å². The van der Waals surface area contributed by atoms with E-state index in [1.54, 1.807) is 20.8 Å². The van der Waals surface area contributed by atoms with Crippen LogP contribution in [-0.4, -0.2) is 79.8 Å². The molecule has 0 radical (unpaired) electrons. The molecule has 15 nitrogen and oxygen atoms in total. The third kappa shape index (κ3) is 13.1. The Kier molecular flexibility index (Phi) is 15.8. The van der Waals surface area contributed by atoms with Gasteiger partial charge in [-0.1, -0.05) is 17.5 Å². The van der Waals surface area contributed by atoms with Crippen molar-refractivity contribution in [2.75, 3.05) is 34.9 Å². The zero-order valence-corrected chi connectivity index (χ0v) is 31.1. The second-order valence-electron chi connectivity index (χ2n) is 11.9. The van der Waals surface area contributed by atoms with Crippen molar-refractivity contribution < 1.29 is 38.1 Å². The van der Waals surface area contributed by atoms with E-state index in [1.165, 1.54) is 12.7 Å². The number of nitrogens with one attached hydrogen (secondary N) is 2. The minimum absolute atomic E-state index is 0.0233. The summed E-state index contributed by atoms with van der Waals surface area (Å²) in [5, 5.41) is 23.0. The van der Waals surface area contributed by atoms with Gasteiger partial charge < -0.3 is 31.1 Å². The van der Waals surface area contributed by atoms with E-state index in [0.29, 0.717) is 36.5 Å². The molecule has 2 amide bonds. The number of rotatable bonds is 11. The molecule has 0 bridgehead atoms. The fourth-order valence-electron chi connectivity index (χ4n) is 4.42. The number of hydrogen-bond acceptors (Lipinski definition) is 12. The van der Waals surface area contributed by atoms with Crippen molar-refractivity contribution in [2.45, 2.75) is 77.5 Å². The van der Waals surface area contributed by atoms with Crippen molar-refractivity contribution in [1.82, 2.24) is 15.0 Å². The summed E-state index contributed by atoms with van der Waals surface area (Å²) in [7, 11) is -3.10. The Morgan fingerprint density at radius 2 is 1.76 bits per heavy atom. The van der Waals surface area contributed by atoms with Crippen LogP contribution in [0.1, 0.15) is 59.8 Å². The maximum atomic E-state index is 14.4. The van der Waals surface area contributed by atoms with E-state index < -0.39 is 48.7 Å². The van der Waals surface area contributed by atoms with E-state index >= 15 is 0 Å². The van der Waals surface area contributed by atoms with Gasteiger partial charge in [0.05, 0.1) is 16.8 Å². The molecule has 1 aromatic carbocycles. The van der Waals surface area contributed by atoms with E-state index in [-0.39, 0.29) is 40.3 Å². The van der Waals surface area contributed by atoms with Gasteiger partial charge in [0.1, 0.15) is 23.1 Å². The molecule has 4 rings (SSSR count). The van der Waals surface area contributed by atoms with Crippen molar-refractivity contribution in [3.63, 3.8) is 0 Å². The van der Waals surface area contributed by atoms with Gasteiger partial charge in [-0.3, -0.25) is 18.9 Å². The van der Waals surface area contributed by atoms with Crippen molar-refractivity contribution in [3.8, 4) is 24.2 Å². The summed E-state index contributed by atoms with van der Waals surface area (Å²) >= 11 is 11.7. The number of carboxylic acid groups (broad SMARTS) is 1. The summed E-state index contributed by atoms with van der Waals surface area (Å²) in [6.07, 6.45) is 7.47. The number of nitrogens with zero attached hydrogens (tertiary/aromatic N) is 5. The van der Waals surface area contributed by atoms with Gasteiger partial charge in [-0.05, 0) is 77.5 Å². The molecule has 2 aromatic rings. The molecule has 6 N–H and O–H groups in total. The normalized spacial score (nSPS) is 16.1. The monoisotopic (exact) mass is 768 g/mol. The van der Waals surface area contributed by atoms with Crippen LogP contribution in [0.15, 0.2) is 23.3 Å². The summed E-state index contributed by atoms with van der Waals surface area (Å²) < 4.78 is 30.5. The molecule has 51 heavy (non-hydrogen) atoms. The number of carbonyl (C=O) groups excluding carboxylic acids is 2. The molecule has 0 fully saturated rings. The molecule has 19 heteroatoms. The molecule has 0 saturated heterocycles. The lowest BCUT2D eigenvalue weighted by Gasteiger charge is -2.19. The number of ether oxygens (including phenoxy) is 1. The fourth-order valence-corrected chi connectivity index (χ4v) is 5.53. The molecule has 1 aromatic heterocycles. The smallest absolute Gasteiger partial charge is 0.320 e. The number of hydrogen-bond donors (Lipinski definition) is 5. The first-order chi connectivity index (χ1) is 23.7. The molecule has 3 unspecified atom stereocenters. The quantitative estimate of drug-likeness (QED) is 0.115. The molecule has 0 spiro atoms. The average molecular weight is 770 g/mol. The number of nitriles is 1. The largest absolute Gasteiger partial charge is 0.480 e. The van der Waals surface area contributed by atoms with Crippen LogP contribution in [0.2, 0.25) is 10.3 Å².